The lowest BCUT2D eigenvalue weighted by Crippen LogP contribution is -2.60. The second-order valence-corrected chi connectivity index (χ2v) is 22.8. The number of amides is 5. The van der Waals surface area contributed by atoms with Gasteiger partial charge in [-0.3, -0.25) is 29.4 Å². The highest BCUT2D eigenvalue weighted by Gasteiger charge is 2.44. The number of carbonyl (C=O) groups excluding carboxylic acids is 5. The highest BCUT2D eigenvalue weighted by atomic mass is 32.2. The molecule has 7 N–H and O–H groups in total. The Morgan fingerprint density at radius 3 is 2.12 bits per heavy atom. The summed E-state index contributed by atoms with van der Waals surface area (Å²) in [5, 5.41) is 35.8. The van der Waals surface area contributed by atoms with Crippen molar-refractivity contribution in [2.45, 2.75) is 175 Å². The predicted octanol–water partition coefficient (Wildman–Crippen LogP) is 4.08. The first kappa shape index (κ1) is 62.1. The molecule has 1 aliphatic heterocycles. The number of hydrogen-bond acceptors (Lipinski definition) is 13. The summed E-state index contributed by atoms with van der Waals surface area (Å²) in [7, 11) is 2.46. The molecule has 1 fully saturated rings. The normalized spacial score (nSPS) is 23.2. The van der Waals surface area contributed by atoms with Gasteiger partial charge in [-0.25, -0.2) is 18.4 Å². The molecular weight excluding hydrogens is 947 g/mol. The first-order valence-corrected chi connectivity index (χ1v) is 27.4. The van der Waals surface area contributed by atoms with Crippen LogP contribution in [0.25, 0.3) is 0 Å². The molecule has 1 unspecified atom stereocenters. The fourth-order valence-corrected chi connectivity index (χ4v) is 10.6. The number of rotatable bonds is 26. The standard InChI is InChI=1S/C52H89N7O12S/c1-14-34(6)44(40(69-12)31-41(60)59-29-20-24-39(59)46(70-13)35(7)47(62)55-36(8)45(61)37-21-16-15-17-22-37)57(10)49(64)42(32(2)3)56-48(63)43(33(4)5)58(11)51(66)71-38-23-18-19-26-52(9,27-25-38)50(65)54-28-30-72(53,67)68/h15-18,21-23,32-36,38-40,42-46,50,54,61,65H,14,19-20,24-31H2,1-13H3,(H,55,62)(H,56,63)(H2,53,67,68)/b23-18+/t34-,35+,36+,38-,39-,40+,42-,43-,44-,45+,46+,50?,52+/m0/s1. The van der Waals surface area contributed by atoms with Crippen LogP contribution in [0.4, 0.5) is 4.79 Å². The zero-order valence-electron chi connectivity index (χ0n) is 45.2. The van der Waals surface area contributed by atoms with Crippen LogP contribution in [0.1, 0.15) is 125 Å². The number of nitrogens with two attached hydrogens (primary N) is 1. The number of carbonyl (C=O) groups is 5. The fourth-order valence-electron chi connectivity index (χ4n) is 10.2. The summed E-state index contributed by atoms with van der Waals surface area (Å²) in [5.74, 6) is -3.36. The van der Waals surface area contributed by atoms with Crippen molar-refractivity contribution in [3.8, 4) is 0 Å². The van der Waals surface area contributed by atoms with Crippen LogP contribution in [0.5, 0.6) is 0 Å². The van der Waals surface area contributed by atoms with E-state index in [1.807, 2.05) is 58.9 Å². The van der Waals surface area contributed by atoms with Crippen molar-refractivity contribution in [3.05, 3.63) is 48.0 Å². The Morgan fingerprint density at radius 2 is 1.56 bits per heavy atom. The zero-order chi connectivity index (χ0) is 54.2. The van der Waals surface area contributed by atoms with E-state index < -0.39 is 100 Å². The number of ether oxygens (including phenoxy) is 3. The van der Waals surface area contributed by atoms with Crippen molar-refractivity contribution in [3.63, 3.8) is 0 Å². The summed E-state index contributed by atoms with van der Waals surface area (Å²) >= 11 is 0. The minimum atomic E-state index is -3.71. The number of nitrogens with one attached hydrogen (secondary N) is 3. The topological polar surface area (TPSA) is 259 Å². The Hall–Kier alpha value is -4.18. The highest BCUT2D eigenvalue weighted by molar-refractivity contribution is 7.89. The van der Waals surface area contributed by atoms with Crippen LogP contribution in [0.15, 0.2) is 42.5 Å². The molecule has 13 atom stereocenters. The Balaban J connectivity index is 1.74. The molecule has 5 amide bonds. The Labute approximate surface area is 429 Å². The van der Waals surface area contributed by atoms with Gasteiger partial charge >= 0.3 is 6.09 Å². The molecular formula is C52H89N7O12S. The van der Waals surface area contributed by atoms with E-state index in [-0.39, 0.29) is 48.3 Å². The summed E-state index contributed by atoms with van der Waals surface area (Å²) in [5.41, 5.74) is 0.0113. The van der Waals surface area contributed by atoms with Crippen molar-refractivity contribution in [1.29, 1.82) is 0 Å². The number of sulfonamides is 1. The number of methoxy groups -OCH3 is 2. The lowest BCUT2D eigenvalue weighted by atomic mass is 9.77. The smallest absolute Gasteiger partial charge is 0.410 e. The van der Waals surface area contributed by atoms with Crippen molar-refractivity contribution in [2.24, 2.45) is 34.2 Å². The Kier molecular flexibility index (Phi) is 24.6. The van der Waals surface area contributed by atoms with Crippen molar-refractivity contribution in [1.82, 2.24) is 30.7 Å². The van der Waals surface area contributed by atoms with Gasteiger partial charge in [0.2, 0.25) is 33.7 Å². The van der Waals surface area contributed by atoms with Gasteiger partial charge in [0.05, 0.1) is 54.5 Å². The van der Waals surface area contributed by atoms with Crippen molar-refractivity contribution >= 4 is 39.7 Å². The number of allylic oxidation sites excluding steroid dienone is 1. The number of nitrogens with zero attached hydrogens (tertiary/aromatic N) is 3. The molecule has 1 aliphatic carbocycles. The van der Waals surface area contributed by atoms with E-state index in [1.165, 1.54) is 26.2 Å². The fraction of sp³-hybridized carbons (Fsp3) is 0.750. The van der Waals surface area contributed by atoms with Crippen LogP contribution in [0.2, 0.25) is 0 Å². The molecule has 1 heterocycles. The van der Waals surface area contributed by atoms with Gasteiger partial charge in [-0.15, -0.1) is 0 Å². The van der Waals surface area contributed by atoms with Gasteiger partial charge in [0.1, 0.15) is 24.4 Å². The van der Waals surface area contributed by atoms with Crippen LogP contribution in [-0.4, -0.2) is 165 Å². The van der Waals surface area contributed by atoms with Gasteiger partial charge in [-0.05, 0) is 74.8 Å². The Morgan fingerprint density at radius 1 is 0.903 bits per heavy atom. The van der Waals surface area contributed by atoms with E-state index >= 15 is 0 Å². The van der Waals surface area contributed by atoms with Gasteiger partial charge in [-0.1, -0.05) is 98.2 Å². The largest absolute Gasteiger partial charge is 0.442 e. The maximum Gasteiger partial charge on any atom is 0.410 e. The molecule has 20 heteroatoms. The summed E-state index contributed by atoms with van der Waals surface area (Å²) in [6.07, 6.45) is 2.76. The van der Waals surface area contributed by atoms with E-state index in [9.17, 15) is 42.6 Å². The molecule has 0 radical (unpaired) electrons. The minimum Gasteiger partial charge on any atom is -0.442 e. The van der Waals surface area contributed by atoms with E-state index in [2.05, 4.69) is 16.0 Å². The number of primary sulfonamides is 1. The van der Waals surface area contributed by atoms with Crippen molar-refractivity contribution < 1.29 is 56.8 Å². The molecule has 3 rings (SSSR count). The van der Waals surface area contributed by atoms with Gasteiger partial charge < -0.3 is 44.9 Å². The molecule has 19 nitrogen and oxygen atoms in total. The molecule has 72 heavy (non-hydrogen) atoms. The van der Waals surface area contributed by atoms with Gasteiger partial charge in [0, 0.05) is 46.8 Å². The number of benzene rings is 1. The van der Waals surface area contributed by atoms with Crippen LogP contribution in [0.3, 0.4) is 0 Å². The summed E-state index contributed by atoms with van der Waals surface area (Å²) < 4.78 is 40.8. The molecule has 1 aromatic carbocycles. The average Bonchev–Trinajstić information content (AvgIpc) is 3.81. The number of aliphatic hydroxyl groups is 2. The molecule has 1 saturated heterocycles. The average molecular weight is 1040 g/mol. The summed E-state index contributed by atoms with van der Waals surface area (Å²) in [6, 6.07) is 5.47. The second-order valence-electron chi connectivity index (χ2n) is 21.1. The minimum absolute atomic E-state index is 0.0236. The summed E-state index contributed by atoms with van der Waals surface area (Å²) in [4.78, 5) is 75.4. The SMILES string of the molecule is CC[C@H](C)[C@@H]([C@@H](CC(=O)N1CCC[C@H]1[C@H](OC)[C@@H](C)C(=O)N[C@H](C)[C@@H](O)c1ccccc1)OC)N(C)C(=O)[C@@H](NC(=O)[C@H](C(C)C)N(C)C(=O)O[C@H]1/C=C/CC[C@@](C)(C(O)NCCS(N)(=O)=O)CC1)C(C)C. The van der Waals surface area contributed by atoms with Crippen molar-refractivity contribution in [2.75, 3.05) is 47.2 Å². The third-order valence-corrected chi connectivity index (χ3v) is 15.7. The third kappa shape index (κ3) is 17.2. The lowest BCUT2D eigenvalue weighted by molar-refractivity contribution is -0.148. The number of hydrogen-bond donors (Lipinski definition) is 6. The van der Waals surface area contributed by atoms with Crippen LogP contribution in [-0.2, 0) is 43.4 Å². The zero-order valence-corrected chi connectivity index (χ0v) is 46.0. The number of aliphatic hydroxyl groups excluding tert-OH is 2. The summed E-state index contributed by atoms with van der Waals surface area (Å²) in [6.45, 7) is 17.0. The van der Waals surface area contributed by atoms with Crippen LogP contribution in [0, 0.1) is 29.1 Å². The van der Waals surface area contributed by atoms with Crippen LogP contribution >= 0.6 is 0 Å². The van der Waals surface area contributed by atoms with Crippen LogP contribution < -0.4 is 21.1 Å². The molecule has 0 aromatic heterocycles. The lowest BCUT2D eigenvalue weighted by Gasteiger charge is -2.41. The van der Waals surface area contributed by atoms with E-state index in [0.717, 1.165) is 0 Å². The quantitative estimate of drug-likeness (QED) is 0.0566. The number of likely N-dealkylation sites (tertiary alicyclic amines) is 1. The molecule has 410 valence electrons. The molecule has 2 aliphatic rings. The monoisotopic (exact) mass is 1040 g/mol. The maximum atomic E-state index is 14.7. The second kappa shape index (κ2) is 28.5. The molecule has 0 spiro atoms. The first-order chi connectivity index (χ1) is 33.7. The van der Waals surface area contributed by atoms with Gasteiger partial charge in [0.25, 0.3) is 0 Å². The Bertz CT molecular complexity index is 2050. The molecule has 0 bridgehead atoms. The maximum absolute atomic E-state index is 14.7. The van der Waals surface area contributed by atoms with Gasteiger partial charge in [-0.2, -0.15) is 0 Å². The van der Waals surface area contributed by atoms with E-state index in [4.69, 9.17) is 19.3 Å². The third-order valence-electron chi connectivity index (χ3n) is 14.9. The van der Waals surface area contributed by atoms with E-state index in [1.54, 1.807) is 62.8 Å². The number of likely N-dealkylation sites (N-methyl/N-ethyl adjacent to an activating group) is 2. The molecule has 1 aromatic rings. The van der Waals surface area contributed by atoms with E-state index in [0.29, 0.717) is 57.1 Å². The predicted molar refractivity (Wildman–Crippen MR) is 276 cm³/mol. The molecule has 0 saturated carbocycles. The highest BCUT2D eigenvalue weighted by Crippen LogP contribution is 2.36. The first-order valence-electron chi connectivity index (χ1n) is 25.7. The van der Waals surface area contributed by atoms with Gasteiger partial charge in [0.15, 0.2) is 0 Å².